The van der Waals surface area contributed by atoms with Crippen LogP contribution < -0.4 is 10.4 Å². The van der Waals surface area contributed by atoms with Gasteiger partial charge in [-0.15, -0.1) is 0 Å². The van der Waals surface area contributed by atoms with Crippen LogP contribution in [0.25, 0.3) is 39.6 Å². The van der Waals surface area contributed by atoms with Gasteiger partial charge in [0.1, 0.15) is 0 Å². The van der Waals surface area contributed by atoms with Gasteiger partial charge in [-0.2, -0.15) is 0 Å². The molecule has 0 saturated heterocycles. The highest BCUT2D eigenvalue weighted by atomic mass is 14.1. The summed E-state index contributed by atoms with van der Waals surface area (Å²) >= 11 is 0. The summed E-state index contributed by atoms with van der Waals surface area (Å²) < 4.78 is 0. The first-order chi connectivity index (χ1) is 21.0. The van der Waals surface area contributed by atoms with Gasteiger partial charge in [0.25, 0.3) is 0 Å². The summed E-state index contributed by atoms with van der Waals surface area (Å²) in [5.41, 5.74) is 8.96. The zero-order valence-corrected chi connectivity index (χ0v) is 26.0. The third-order valence-corrected chi connectivity index (χ3v) is 7.67. The van der Waals surface area contributed by atoms with E-state index in [-0.39, 0.29) is 0 Å². The number of benzene rings is 3. The Morgan fingerprint density at radius 3 is 2.07 bits per heavy atom. The second-order valence-corrected chi connectivity index (χ2v) is 10.5. The van der Waals surface area contributed by atoms with Gasteiger partial charge in [-0.25, -0.2) is 0 Å². The topological polar surface area (TPSA) is 0 Å². The lowest BCUT2D eigenvalue weighted by Gasteiger charge is -2.14. The van der Waals surface area contributed by atoms with Crippen molar-refractivity contribution in [3.63, 3.8) is 0 Å². The van der Waals surface area contributed by atoms with E-state index in [1.807, 2.05) is 0 Å². The Balaban J connectivity index is 1.98. The first-order valence-electron chi connectivity index (χ1n) is 15.0. The number of hydrogen-bond acceptors (Lipinski definition) is 0. The lowest BCUT2D eigenvalue weighted by atomic mass is 9.90. The first kappa shape index (κ1) is 31.0. The predicted octanol–water partition coefficient (Wildman–Crippen LogP) is 10.6. The van der Waals surface area contributed by atoms with Gasteiger partial charge in [0.2, 0.25) is 0 Å². The van der Waals surface area contributed by atoms with Crippen LogP contribution >= 0.6 is 0 Å². The van der Waals surface area contributed by atoms with Gasteiger partial charge in [0.05, 0.1) is 0 Å². The van der Waals surface area contributed by atoms with E-state index in [0.717, 1.165) is 50.6 Å². The molecule has 0 aliphatic carbocycles. The SMILES string of the molecule is C=C(/C=C(\C=C/C)c1c(C(=C)/C=C\c2ccccc2/C(C)=c2/cccc/c2=C\C)ccccccc2ccccc12)CC. The summed E-state index contributed by atoms with van der Waals surface area (Å²) in [6.07, 6.45) is 13.9. The molecule has 0 bridgehead atoms. The number of fused-ring (bicyclic) bond motifs is 1. The summed E-state index contributed by atoms with van der Waals surface area (Å²) in [6.45, 7) is 17.4. The quantitative estimate of drug-likeness (QED) is 0.189. The molecule has 0 unspecified atom stereocenters. The first-order valence-corrected chi connectivity index (χ1v) is 15.0. The number of allylic oxidation sites excluding steroid dienone is 7. The highest BCUT2D eigenvalue weighted by Crippen LogP contribution is 2.33. The third kappa shape index (κ3) is 7.67. The maximum absolute atomic E-state index is 4.62. The summed E-state index contributed by atoms with van der Waals surface area (Å²) in [5.74, 6) is 0. The maximum atomic E-state index is 4.62. The fourth-order valence-electron chi connectivity index (χ4n) is 5.32. The average Bonchev–Trinajstić information content (AvgIpc) is 3.04. The van der Waals surface area contributed by atoms with E-state index in [1.165, 1.54) is 21.6 Å². The van der Waals surface area contributed by atoms with Crippen molar-refractivity contribution in [2.45, 2.75) is 34.1 Å². The van der Waals surface area contributed by atoms with Crippen LogP contribution in [0.1, 0.15) is 56.4 Å². The second kappa shape index (κ2) is 15.3. The molecular formula is C43H42. The van der Waals surface area contributed by atoms with E-state index >= 15 is 0 Å². The molecule has 4 aromatic carbocycles. The minimum atomic E-state index is 0.885. The molecular weight excluding hydrogens is 516 g/mol. The molecule has 0 heterocycles. The molecule has 4 aromatic rings. The van der Waals surface area contributed by atoms with Crippen molar-refractivity contribution in [3.05, 3.63) is 185 Å². The molecule has 0 aliphatic heterocycles. The lowest BCUT2D eigenvalue weighted by Crippen LogP contribution is -2.25. The molecule has 0 saturated carbocycles. The van der Waals surface area contributed by atoms with Crippen LogP contribution in [0.15, 0.2) is 152 Å². The lowest BCUT2D eigenvalue weighted by molar-refractivity contribution is 1.16. The smallest absolute Gasteiger partial charge is 0.00271 e. The highest BCUT2D eigenvalue weighted by Gasteiger charge is 2.11. The molecule has 0 atom stereocenters. The average molecular weight is 559 g/mol. The molecule has 0 amide bonds. The zero-order chi connectivity index (χ0) is 30.6. The van der Waals surface area contributed by atoms with E-state index in [4.69, 9.17) is 0 Å². The van der Waals surface area contributed by atoms with Gasteiger partial charge in [-0.3, -0.25) is 0 Å². The minimum absolute atomic E-state index is 0.885. The summed E-state index contributed by atoms with van der Waals surface area (Å²) in [4.78, 5) is 0. The molecule has 0 nitrogen and oxygen atoms in total. The van der Waals surface area contributed by atoms with Gasteiger partial charge < -0.3 is 0 Å². The molecule has 0 heteroatoms. The Morgan fingerprint density at radius 2 is 1.33 bits per heavy atom. The van der Waals surface area contributed by atoms with Gasteiger partial charge in [-0.1, -0.05) is 171 Å². The Hall–Kier alpha value is -4.94. The second-order valence-electron chi connectivity index (χ2n) is 10.5. The molecule has 0 N–H and O–H groups in total. The van der Waals surface area contributed by atoms with Crippen LogP contribution in [-0.4, -0.2) is 0 Å². The van der Waals surface area contributed by atoms with Crippen molar-refractivity contribution in [1.82, 2.24) is 0 Å². The van der Waals surface area contributed by atoms with E-state index in [1.54, 1.807) is 0 Å². The zero-order valence-electron chi connectivity index (χ0n) is 26.0. The number of rotatable bonds is 8. The van der Waals surface area contributed by atoms with Crippen molar-refractivity contribution in [2.24, 2.45) is 0 Å². The van der Waals surface area contributed by atoms with Gasteiger partial charge in [0, 0.05) is 0 Å². The van der Waals surface area contributed by atoms with Crippen molar-refractivity contribution < 1.29 is 0 Å². The third-order valence-electron chi connectivity index (χ3n) is 7.67. The fraction of sp³-hybridized carbons (Fsp3) is 0.116. The van der Waals surface area contributed by atoms with E-state index in [9.17, 15) is 0 Å². The standard InChI is InChI=1S/C43H42/c1-7-20-38(31-32(4)8-2)43-39(25-13-11-10-12-22-36-23-16-19-28-42(36)43)33(5)29-30-37-24-15-18-27-41(37)34(6)40-26-17-14-21-35(40)9-3/h7,9-31H,4-5,8H2,1-3,6H3/b11-10?,12-10?,13-11?,20-7-,22-12?,25-13?,30-29-,35-9+,36-22?,38-31+,39-25?,40-34-,43-39?,43-42?. The Labute approximate surface area is 258 Å². The molecule has 0 aliphatic rings. The van der Waals surface area contributed by atoms with E-state index < -0.39 is 0 Å². The number of hydrogen-bond donors (Lipinski definition) is 0. The maximum Gasteiger partial charge on any atom is -0.00271 e. The molecule has 0 spiro atoms. The molecule has 0 aromatic heterocycles. The monoisotopic (exact) mass is 558 g/mol. The van der Waals surface area contributed by atoms with Crippen LogP contribution in [0, 0.1) is 0 Å². The van der Waals surface area contributed by atoms with Crippen LogP contribution in [0.4, 0.5) is 0 Å². The van der Waals surface area contributed by atoms with Crippen LogP contribution in [0.5, 0.6) is 0 Å². The van der Waals surface area contributed by atoms with Gasteiger partial charge >= 0.3 is 0 Å². The van der Waals surface area contributed by atoms with Crippen LogP contribution in [-0.2, 0) is 0 Å². The van der Waals surface area contributed by atoms with Crippen molar-refractivity contribution in [2.75, 3.05) is 0 Å². The fourth-order valence-corrected chi connectivity index (χ4v) is 5.32. The van der Waals surface area contributed by atoms with Crippen LogP contribution in [0.2, 0.25) is 0 Å². The Bertz CT molecular complexity index is 1910. The minimum Gasteiger partial charge on any atom is -0.0958 e. The van der Waals surface area contributed by atoms with E-state index in [0.29, 0.717) is 0 Å². The van der Waals surface area contributed by atoms with Crippen molar-refractivity contribution >= 4 is 39.6 Å². The summed E-state index contributed by atoms with van der Waals surface area (Å²) in [6, 6.07) is 38.4. The van der Waals surface area contributed by atoms with Crippen LogP contribution in [0.3, 0.4) is 0 Å². The molecule has 4 rings (SSSR count). The summed E-state index contributed by atoms with van der Waals surface area (Å²) in [7, 11) is 0. The van der Waals surface area contributed by atoms with Gasteiger partial charge in [-0.05, 0) is 87.4 Å². The largest absolute Gasteiger partial charge is 0.0958 e. The normalized spacial score (nSPS) is 12.9. The van der Waals surface area contributed by atoms with Gasteiger partial charge in [0.15, 0.2) is 0 Å². The molecule has 0 radical (unpaired) electrons. The molecule has 214 valence electrons. The van der Waals surface area contributed by atoms with Crippen molar-refractivity contribution in [1.29, 1.82) is 0 Å². The highest BCUT2D eigenvalue weighted by molar-refractivity contribution is 6.01. The van der Waals surface area contributed by atoms with Crippen molar-refractivity contribution in [3.8, 4) is 0 Å². The Kier molecular flexibility index (Phi) is 11.1. The predicted molar refractivity (Wildman–Crippen MR) is 192 cm³/mol. The summed E-state index contributed by atoms with van der Waals surface area (Å²) in [5, 5.41) is 4.81. The molecule has 43 heavy (non-hydrogen) atoms. The van der Waals surface area contributed by atoms with E-state index in [2.05, 4.69) is 187 Å². The molecule has 0 fully saturated rings. The Morgan fingerprint density at radius 1 is 0.698 bits per heavy atom.